The van der Waals surface area contributed by atoms with E-state index in [4.69, 9.17) is 0 Å². The Morgan fingerprint density at radius 1 is 1.20 bits per heavy atom. The highest BCUT2D eigenvalue weighted by Crippen LogP contribution is 2.35. The zero-order valence-corrected chi connectivity index (χ0v) is 11.9. The lowest BCUT2D eigenvalue weighted by atomic mass is 9.97. The highest BCUT2D eigenvalue weighted by Gasteiger charge is 2.38. The van der Waals surface area contributed by atoms with Crippen molar-refractivity contribution in [3.8, 4) is 0 Å². The van der Waals surface area contributed by atoms with Crippen molar-refractivity contribution in [2.45, 2.75) is 63.1 Å². The maximum absolute atomic E-state index is 12.6. The van der Waals surface area contributed by atoms with Crippen LogP contribution in [0.15, 0.2) is 30.3 Å². The molecule has 3 rings (SSSR count). The molecule has 2 aliphatic rings. The first kappa shape index (κ1) is 13.6. The molecule has 0 heterocycles. The first-order chi connectivity index (χ1) is 9.66. The van der Waals surface area contributed by atoms with E-state index in [1.54, 1.807) is 0 Å². The molecule has 1 aromatic carbocycles. The third kappa shape index (κ3) is 3.21. The van der Waals surface area contributed by atoms with Crippen LogP contribution in [-0.2, 0) is 11.3 Å². The summed E-state index contributed by atoms with van der Waals surface area (Å²) in [6, 6.07) is 10.5. The number of rotatable bonds is 5. The van der Waals surface area contributed by atoms with Crippen LogP contribution in [0.2, 0.25) is 0 Å². The van der Waals surface area contributed by atoms with Gasteiger partial charge in [-0.15, -0.1) is 0 Å². The molecule has 2 saturated carbocycles. The molecule has 2 aliphatic carbocycles. The first-order valence-electron chi connectivity index (χ1n) is 7.72. The van der Waals surface area contributed by atoms with Crippen molar-refractivity contribution in [2.24, 2.45) is 0 Å². The Labute approximate surface area is 120 Å². The van der Waals surface area contributed by atoms with Crippen molar-refractivity contribution in [2.75, 3.05) is 0 Å². The molecule has 0 atom stereocenters. The van der Waals surface area contributed by atoms with E-state index in [9.17, 15) is 9.90 Å². The lowest BCUT2D eigenvalue weighted by Gasteiger charge is -2.28. The Kier molecular flexibility index (Phi) is 3.79. The normalized spacial score (nSPS) is 20.9. The van der Waals surface area contributed by atoms with Crippen LogP contribution >= 0.6 is 0 Å². The lowest BCUT2D eigenvalue weighted by molar-refractivity contribution is -0.137. The quantitative estimate of drug-likeness (QED) is 0.896. The molecule has 0 saturated heterocycles. The van der Waals surface area contributed by atoms with Crippen molar-refractivity contribution in [3.63, 3.8) is 0 Å². The number of amides is 1. The third-order valence-corrected chi connectivity index (χ3v) is 4.52. The van der Waals surface area contributed by atoms with E-state index in [0.717, 1.165) is 38.5 Å². The van der Waals surface area contributed by atoms with Gasteiger partial charge in [-0.05, 0) is 31.2 Å². The summed E-state index contributed by atoms with van der Waals surface area (Å²) in [5.74, 6) is 0.126. The van der Waals surface area contributed by atoms with Gasteiger partial charge in [0.25, 0.3) is 0 Å². The fourth-order valence-corrected chi connectivity index (χ4v) is 3.18. The Morgan fingerprint density at radius 3 is 2.45 bits per heavy atom. The Balaban J connectivity index is 1.66. The number of benzene rings is 1. The average molecular weight is 273 g/mol. The standard InChI is InChI=1S/C17H23NO2/c19-16(12-17(20)10-4-5-11-17)18(15-8-9-15)13-14-6-2-1-3-7-14/h1-3,6-7,15,20H,4-5,8-13H2. The van der Waals surface area contributed by atoms with Crippen molar-refractivity contribution < 1.29 is 9.90 Å². The van der Waals surface area contributed by atoms with E-state index in [1.807, 2.05) is 23.1 Å². The van der Waals surface area contributed by atoms with Gasteiger partial charge >= 0.3 is 0 Å². The van der Waals surface area contributed by atoms with Gasteiger partial charge < -0.3 is 10.0 Å². The molecule has 2 fully saturated rings. The first-order valence-corrected chi connectivity index (χ1v) is 7.72. The minimum Gasteiger partial charge on any atom is -0.389 e. The molecule has 20 heavy (non-hydrogen) atoms. The summed E-state index contributed by atoms with van der Waals surface area (Å²) < 4.78 is 0. The number of nitrogens with zero attached hydrogens (tertiary/aromatic N) is 1. The molecule has 0 aliphatic heterocycles. The molecule has 0 spiro atoms. The summed E-state index contributed by atoms with van der Waals surface area (Å²) in [6.07, 6.45) is 6.17. The number of aliphatic hydroxyl groups is 1. The van der Waals surface area contributed by atoms with Crippen molar-refractivity contribution in [1.82, 2.24) is 4.90 Å². The second-order valence-corrected chi connectivity index (χ2v) is 6.35. The summed E-state index contributed by atoms with van der Waals surface area (Å²) in [4.78, 5) is 14.5. The molecular formula is C17H23NO2. The highest BCUT2D eigenvalue weighted by molar-refractivity contribution is 5.78. The molecule has 1 N–H and O–H groups in total. The number of hydrogen-bond donors (Lipinski definition) is 1. The zero-order valence-electron chi connectivity index (χ0n) is 11.9. The van der Waals surface area contributed by atoms with E-state index < -0.39 is 5.60 Å². The fourth-order valence-electron chi connectivity index (χ4n) is 3.18. The Bertz CT molecular complexity index is 461. The van der Waals surface area contributed by atoms with Gasteiger partial charge in [-0.25, -0.2) is 0 Å². The van der Waals surface area contributed by atoms with Crippen LogP contribution in [0.25, 0.3) is 0 Å². The number of hydrogen-bond acceptors (Lipinski definition) is 2. The predicted octanol–water partition coefficient (Wildman–Crippen LogP) is 2.87. The van der Waals surface area contributed by atoms with Crippen molar-refractivity contribution in [3.05, 3.63) is 35.9 Å². The molecule has 0 unspecified atom stereocenters. The van der Waals surface area contributed by atoms with Gasteiger partial charge in [-0.2, -0.15) is 0 Å². The van der Waals surface area contributed by atoms with Gasteiger partial charge in [0.05, 0.1) is 12.0 Å². The van der Waals surface area contributed by atoms with E-state index >= 15 is 0 Å². The largest absolute Gasteiger partial charge is 0.389 e. The maximum atomic E-state index is 12.6. The SMILES string of the molecule is O=C(CC1(O)CCCC1)N(Cc1ccccc1)C1CC1. The maximum Gasteiger partial charge on any atom is 0.226 e. The lowest BCUT2D eigenvalue weighted by Crippen LogP contribution is -2.38. The van der Waals surface area contributed by atoms with Gasteiger partial charge in [0, 0.05) is 12.6 Å². The molecule has 3 nitrogen and oxygen atoms in total. The molecule has 0 radical (unpaired) electrons. The Hall–Kier alpha value is -1.35. The minimum atomic E-state index is -0.735. The number of carbonyl (C=O) groups is 1. The summed E-state index contributed by atoms with van der Waals surface area (Å²) in [7, 11) is 0. The van der Waals surface area contributed by atoms with Gasteiger partial charge in [-0.3, -0.25) is 4.79 Å². The van der Waals surface area contributed by atoms with Crippen LogP contribution in [0.3, 0.4) is 0 Å². The predicted molar refractivity (Wildman–Crippen MR) is 78.0 cm³/mol. The number of carbonyl (C=O) groups excluding carboxylic acids is 1. The van der Waals surface area contributed by atoms with Gasteiger partial charge in [0.1, 0.15) is 0 Å². The summed E-state index contributed by atoms with van der Waals surface area (Å²) in [5.41, 5.74) is 0.437. The summed E-state index contributed by atoms with van der Waals surface area (Å²) in [5, 5.41) is 10.4. The fraction of sp³-hybridized carbons (Fsp3) is 0.588. The van der Waals surface area contributed by atoms with E-state index in [0.29, 0.717) is 19.0 Å². The van der Waals surface area contributed by atoms with Gasteiger partial charge in [0.15, 0.2) is 0 Å². The molecule has 1 aromatic rings. The summed E-state index contributed by atoms with van der Waals surface area (Å²) >= 11 is 0. The minimum absolute atomic E-state index is 0.126. The summed E-state index contributed by atoms with van der Waals surface area (Å²) in [6.45, 7) is 0.681. The zero-order chi connectivity index (χ0) is 14.0. The van der Waals surface area contributed by atoms with Gasteiger partial charge in [-0.1, -0.05) is 43.2 Å². The van der Waals surface area contributed by atoms with Crippen LogP contribution in [0.5, 0.6) is 0 Å². The van der Waals surface area contributed by atoms with Crippen LogP contribution < -0.4 is 0 Å². The molecule has 1 amide bonds. The molecule has 108 valence electrons. The molecular weight excluding hydrogens is 250 g/mol. The van der Waals surface area contributed by atoms with Crippen LogP contribution in [-0.4, -0.2) is 27.6 Å². The van der Waals surface area contributed by atoms with Crippen LogP contribution in [0, 0.1) is 0 Å². The topological polar surface area (TPSA) is 40.5 Å². The third-order valence-electron chi connectivity index (χ3n) is 4.52. The molecule has 0 bridgehead atoms. The Morgan fingerprint density at radius 2 is 1.85 bits per heavy atom. The highest BCUT2D eigenvalue weighted by atomic mass is 16.3. The average Bonchev–Trinajstić information content (AvgIpc) is 3.19. The molecule has 0 aromatic heterocycles. The van der Waals surface area contributed by atoms with E-state index in [1.165, 1.54) is 5.56 Å². The van der Waals surface area contributed by atoms with Crippen molar-refractivity contribution in [1.29, 1.82) is 0 Å². The second kappa shape index (κ2) is 5.57. The van der Waals surface area contributed by atoms with E-state index in [2.05, 4.69) is 12.1 Å². The monoisotopic (exact) mass is 273 g/mol. The van der Waals surface area contributed by atoms with E-state index in [-0.39, 0.29) is 5.91 Å². The smallest absolute Gasteiger partial charge is 0.226 e. The van der Waals surface area contributed by atoms with Gasteiger partial charge in [0.2, 0.25) is 5.91 Å². The molecule has 3 heteroatoms. The second-order valence-electron chi connectivity index (χ2n) is 6.35. The van der Waals surface area contributed by atoms with Crippen molar-refractivity contribution >= 4 is 5.91 Å². The van der Waals surface area contributed by atoms with Crippen LogP contribution in [0.1, 0.15) is 50.5 Å². The van der Waals surface area contributed by atoms with Crippen LogP contribution in [0.4, 0.5) is 0 Å².